The third-order valence-corrected chi connectivity index (χ3v) is 4.36. The van der Waals surface area contributed by atoms with E-state index in [1.54, 1.807) is 4.90 Å². The molecule has 3 rings (SSSR count). The van der Waals surface area contributed by atoms with Gasteiger partial charge in [-0.25, -0.2) is 0 Å². The summed E-state index contributed by atoms with van der Waals surface area (Å²) in [5, 5.41) is 0.672. The maximum atomic E-state index is 12.4. The number of anilines is 1. The van der Waals surface area contributed by atoms with E-state index in [-0.39, 0.29) is 11.9 Å². The molecule has 0 bridgehead atoms. The van der Waals surface area contributed by atoms with Crippen LogP contribution < -0.4 is 4.90 Å². The van der Waals surface area contributed by atoms with E-state index in [4.69, 9.17) is 12.2 Å². The van der Waals surface area contributed by atoms with Crippen LogP contribution >= 0.6 is 12.2 Å². The molecule has 1 aromatic carbocycles. The number of thiocarbonyl (C=S) groups is 1. The average Bonchev–Trinajstić information content (AvgIpc) is 2.89. The van der Waals surface area contributed by atoms with Crippen molar-refractivity contribution in [1.82, 2.24) is 4.90 Å². The van der Waals surface area contributed by atoms with E-state index in [9.17, 15) is 4.79 Å². The van der Waals surface area contributed by atoms with Crippen LogP contribution in [0.3, 0.4) is 0 Å². The second-order valence-electron chi connectivity index (χ2n) is 5.08. The fourth-order valence-electron chi connectivity index (χ4n) is 2.73. The molecule has 1 amide bonds. The monoisotopic (exact) mass is 260 g/mol. The third kappa shape index (κ3) is 1.56. The van der Waals surface area contributed by atoms with Crippen molar-refractivity contribution in [2.45, 2.75) is 32.7 Å². The fourth-order valence-corrected chi connectivity index (χ4v) is 3.14. The number of aryl methyl sites for hydroxylation is 2. The summed E-state index contributed by atoms with van der Waals surface area (Å²) in [6, 6.07) is 6.06. The van der Waals surface area contributed by atoms with E-state index in [1.807, 2.05) is 18.2 Å². The van der Waals surface area contributed by atoms with Gasteiger partial charge in [-0.2, -0.15) is 0 Å². The Morgan fingerprint density at radius 2 is 2.06 bits per heavy atom. The first-order chi connectivity index (χ1) is 8.59. The minimum Gasteiger partial charge on any atom is -0.336 e. The molecule has 0 aliphatic carbocycles. The molecular formula is C14H16N2OS. The summed E-state index contributed by atoms with van der Waals surface area (Å²) in [7, 11) is 0. The van der Waals surface area contributed by atoms with Gasteiger partial charge in [-0.3, -0.25) is 9.69 Å². The van der Waals surface area contributed by atoms with Crippen LogP contribution in [0.4, 0.5) is 5.69 Å². The van der Waals surface area contributed by atoms with Crippen LogP contribution in [0.1, 0.15) is 24.0 Å². The Hall–Kier alpha value is -1.42. The molecule has 0 radical (unpaired) electrons. The molecule has 2 saturated heterocycles. The number of rotatable bonds is 1. The van der Waals surface area contributed by atoms with Crippen molar-refractivity contribution in [2.24, 2.45) is 0 Å². The van der Waals surface area contributed by atoms with E-state index in [1.165, 1.54) is 11.1 Å². The number of carbonyl (C=O) groups excluding carboxylic acids is 1. The minimum absolute atomic E-state index is 0.0147. The molecule has 0 aromatic heterocycles. The van der Waals surface area contributed by atoms with Crippen molar-refractivity contribution in [2.75, 3.05) is 11.4 Å². The SMILES string of the molecule is Cc1ccc(N2C(=O)[C@@H]3CCCN3C2=S)cc1C. The highest BCUT2D eigenvalue weighted by Crippen LogP contribution is 2.32. The first-order valence-electron chi connectivity index (χ1n) is 6.31. The molecule has 2 aliphatic heterocycles. The summed E-state index contributed by atoms with van der Waals surface area (Å²) in [5.74, 6) is 0.140. The summed E-state index contributed by atoms with van der Waals surface area (Å²) < 4.78 is 0. The smallest absolute Gasteiger partial charge is 0.256 e. The standard InChI is InChI=1S/C14H16N2OS/c1-9-5-6-11(8-10(9)2)16-13(17)12-4-3-7-15(12)14(16)18/h5-6,8,12H,3-4,7H2,1-2H3/t12-/m0/s1. The van der Waals surface area contributed by atoms with Crippen LogP contribution in [0.2, 0.25) is 0 Å². The van der Waals surface area contributed by atoms with Gasteiger partial charge in [0.25, 0.3) is 5.91 Å². The maximum Gasteiger partial charge on any atom is 0.256 e. The van der Waals surface area contributed by atoms with Gasteiger partial charge >= 0.3 is 0 Å². The zero-order valence-corrected chi connectivity index (χ0v) is 11.5. The lowest BCUT2D eigenvalue weighted by atomic mass is 10.1. The van der Waals surface area contributed by atoms with Gasteiger partial charge in [0.15, 0.2) is 5.11 Å². The van der Waals surface area contributed by atoms with E-state index < -0.39 is 0 Å². The Bertz CT molecular complexity index is 519. The van der Waals surface area contributed by atoms with Gasteiger partial charge in [0.1, 0.15) is 6.04 Å². The number of hydrogen-bond acceptors (Lipinski definition) is 2. The van der Waals surface area contributed by atoms with E-state index in [0.717, 1.165) is 25.1 Å². The van der Waals surface area contributed by atoms with Gasteiger partial charge in [-0.15, -0.1) is 0 Å². The maximum absolute atomic E-state index is 12.4. The molecular weight excluding hydrogens is 244 g/mol. The van der Waals surface area contributed by atoms with Crippen LogP contribution in [-0.4, -0.2) is 28.5 Å². The average molecular weight is 260 g/mol. The molecule has 0 spiro atoms. The van der Waals surface area contributed by atoms with E-state index >= 15 is 0 Å². The molecule has 1 atom stereocenters. The summed E-state index contributed by atoms with van der Waals surface area (Å²) in [4.78, 5) is 16.2. The normalized spacial score (nSPS) is 22.9. The topological polar surface area (TPSA) is 23.6 Å². The summed E-state index contributed by atoms with van der Waals surface area (Å²) in [6.07, 6.45) is 2.00. The van der Waals surface area contributed by atoms with Gasteiger partial charge in [-0.1, -0.05) is 6.07 Å². The lowest BCUT2D eigenvalue weighted by molar-refractivity contribution is -0.119. The molecule has 3 nitrogen and oxygen atoms in total. The van der Waals surface area contributed by atoms with Crippen molar-refractivity contribution in [3.63, 3.8) is 0 Å². The van der Waals surface area contributed by atoms with Crippen molar-refractivity contribution in [1.29, 1.82) is 0 Å². The predicted molar refractivity (Wildman–Crippen MR) is 75.7 cm³/mol. The van der Waals surface area contributed by atoms with Gasteiger partial charge in [0.2, 0.25) is 0 Å². The molecule has 0 unspecified atom stereocenters. The molecule has 0 saturated carbocycles. The molecule has 2 heterocycles. The zero-order valence-electron chi connectivity index (χ0n) is 10.6. The predicted octanol–water partition coefficient (Wildman–Crippen LogP) is 2.40. The Labute approximate surface area is 112 Å². The van der Waals surface area contributed by atoms with Crippen LogP contribution in [0.15, 0.2) is 18.2 Å². The number of nitrogens with zero attached hydrogens (tertiary/aromatic N) is 2. The molecule has 18 heavy (non-hydrogen) atoms. The highest BCUT2D eigenvalue weighted by molar-refractivity contribution is 7.80. The number of amides is 1. The number of hydrogen-bond donors (Lipinski definition) is 0. The fraction of sp³-hybridized carbons (Fsp3) is 0.429. The molecule has 0 N–H and O–H groups in total. The van der Waals surface area contributed by atoms with Gasteiger partial charge in [0.05, 0.1) is 5.69 Å². The van der Waals surface area contributed by atoms with Gasteiger partial charge in [-0.05, 0) is 62.2 Å². The molecule has 2 aliphatic rings. The number of fused-ring (bicyclic) bond motifs is 1. The van der Waals surface area contributed by atoms with Crippen molar-refractivity contribution >= 4 is 28.9 Å². The van der Waals surface area contributed by atoms with Crippen LogP contribution in [0.25, 0.3) is 0 Å². The minimum atomic E-state index is -0.0147. The Morgan fingerprint density at radius 1 is 1.28 bits per heavy atom. The number of carbonyl (C=O) groups is 1. The highest BCUT2D eigenvalue weighted by atomic mass is 32.1. The van der Waals surface area contributed by atoms with Crippen LogP contribution in [-0.2, 0) is 4.79 Å². The van der Waals surface area contributed by atoms with Crippen molar-refractivity contribution in [3.05, 3.63) is 29.3 Å². The second kappa shape index (κ2) is 4.05. The van der Waals surface area contributed by atoms with Crippen LogP contribution in [0, 0.1) is 13.8 Å². The van der Waals surface area contributed by atoms with Gasteiger partial charge < -0.3 is 4.90 Å². The summed E-state index contributed by atoms with van der Waals surface area (Å²) in [6.45, 7) is 5.04. The molecule has 1 aromatic rings. The largest absolute Gasteiger partial charge is 0.336 e. The Balaban J connectivity index is 1.99. The lowest BCUT2D eigenvalue weighted by Crippen LogP contribution is -2.32. The Morgan fingerprint density at radius 3 is 2.72 bits per heavy atom. The highest BCUT2D eigenvalue weighted by Gasteiger charge is 2.45. The molecule has 94 valence electrons. The van der Waals surface area contributed by atoms with E-state index in [0.29, 0.717) is 5.11 Å². The van der Waals surface area contributed by atoms with Gasteiger partial charge in [0, 0.05) is 6.54 Å². The quantitative estimate of drug-likeness (QED) is 0.724. The van der Waals surface area contributed by atoms with Crippen molar-refractivity contribution in [3.8, 4) is 0 Å². The van der Waals surface area contributed by atoms with Crippen molar-refractivity contribution < 1.29 is 4.79 Å². The lowest BCUT2D eigenvalue weighted by Gasteiger charge is -2.19. The second-order valence-corrected chi connectivity index (χ2v) is 5.44. The number of benzene rings is 1. The molecule has 4 heteroatoms. The summed E-state index contributed by atoms with van der Waals surface area (Å²) >= 11 is 5.44. The third-order valence-electron chi connectivity index (χ3n) is 3.94. The first-order valence-corrected chi connectivity index (χ1v) is 6.72. The summed E-state index contributed by atoms with van der Waals surface area (Å²) in [5.41, 5.74) is 3.33. The Kier molecular flexibility index (Phi) is 2.63. The van der Waals surface area contributed by atoms with Crippen LogP contribution in [0.5, 0.6) is 0 Å². The molecule has 2 fully saturated rings. The zero-order chi connectivity index (χ0) is 12.9. The first kappa shape index (κ1) is 11.7. The van der Waals surface area contributed by atoms with E-state index in [2.05, 4.69) is 18.7 Å².